The normalized spacial score (nSPS) is 13.4. The maximum atomic E-state index is 15.0. The van der Waals surface area contributed by atoms with Crippen LogP contribution in [0.2, 0.25) is 0 Å². The van der Waals surface area contributed by atoms with Gasteiger partial charge in [0.05, 0.1) is 23.6 Å². The molecule has 0 radical (unpaired) electrons. The first-order valence-electron chi connectivity index (χ1n) is 15.0. The number of carbonyl (C=O) groups excluding carboxylic acids is 1. The second-order valence-electron chi connectivity index (χ2n) is 11.9. The van der Waals surface area contributed by atoms with Gasteiger partial charge in [0.1, 0.15) is 5.60 Å². The summed E-state index contributed by atoms with van der Waals surface area (Å²) >= 11 is 0. The molecule has 8 nitrogen and oxygen atoms in total. The Bertz CT molecular complexity index is 1780. The number of aromatic nitrogens is 3. The summed E-state index contributed by atoms with van der Waals surface area (Å²) in [5.74, 6) is -1.74. The zero-order valence-corrected chi connectivity index (χ0v) is 26.9. The Labute approximate surface area is 278 Å². The van der Waals surface area contributed by atoms with Gasteiger partial charge in [0.15, 0.2) is 5.69 Å². The zero-order valence-electron chi connectivity index (χ0n) is 26.9. The molecule has 49 heavy (non-hydrogen) atoms. The molecule has 260 valence electrons. The number of nitrogens with zero attached hydrogens (tertiary/aromatic N) is 3. The minimum Gasteiger partial charge on any atom is -0.444 e. The molecule has 1 atom stereocenters. The minimum atomic E-state index is -5.10. The Morgan fingerprint density at radius 1 is 0.918 bits per heavy atom. The largest absolute Gasteiger partial charge is 0.444 e. The van der Waals surface area contributed by atoms with E-state index in [2.05, 4.69) is 33.7 Å². The average Bonchev–Trinajstić information content (AvgIpc) is 3.50. The number of carbonyl (C=O) groups is 1. The van der Waals surface area contributed by atoms with Crippen molar-refractivity contribution in [2.24, 2.45) is 0 Å². The zero-order chi connectivity index (χ0) is 36.0. The molecule has 0 aliphatic carbocycles. The number of rotatable bonds is 12. The molecule has 4 aromatic rings. The molecule has 1 unspecified atom stereocenters. The fourth-order valence-electron chi connectivity index (χ4n) is 4.85. The molecule has 2 aromatic carbocycles. The number of amides is 1. The molecule has 0 fully saturated rings. The van der Waals surface area contributed by atoms with Gasteiger partial charge in [0, 0.05) is 5.56 Å². The highest BCUT2D eigenvalue weighted by Crippen LogP contribution is 2.47. The lowest BCUT2D eigenvalue weighted by molar-refractivity contribution is -0.299. The van der Waals surface area contributed by atoms with Crippen molar-refractivity contribution in [2.75, 3.05) is 5.32 Å². The molecule has 2 aromatic heterocycles. The molecule has 0 saturated carbocycles. The molecule has 2 heterocycles. The van der Waals surface area contributed by atoms with Crippen LogP contribution in [0.5, 0.6) is 0 Å². The first-order valence-corrected chi connectivity index (χ1v) is 15.0. The van der Waals surface area contributed by atoms with Crippen LogP contribution in [0.15, 0.2) is 90.4 Å². The number of halogens is 6. The molecular weight excluding hydrogens is 654 g/mol. The van der Waals surface area contributed by atoms with Crippen LogP contribution in [0, 0.1) is 0 Å². The van der Waals surface area contributed by atoms with Crippen LogP contribution < -0.4 is 5.32 Å². The van der Waals surface area contributed by atoms with E-state index in [4.69, 9.17) is 13.9 Å². The van der Waals surface area contributed by atoms with Gasteiger partial charge in [0.2, 0.25) is 5.60 Å². The van der Waals surface area contributed by atoms with E-state index in [1.54, 1.807) is 42.5 Å². The molecule has 0 bridgehead atoms. The standard InChI is InChI=1S/C35H34F6N4O4/c1-6-8-19-33(35(39,40)41,47-21-22-15-10-9-11-16-22)30-45-44-29(48-30)28-26(42-31(46)49-32(3,4)5)20-25(34(36,37)38)27(43-28)24-18-13-12-17-23(24)14-7-2/h6-7,9-13,15-18,20H,1-2,8,14,19,21H2,3-5H3,(H,42,46). The van der Waals surface area contributed by atoms with Crippen molar-refractivity contribution in [3.63, 3.8) is 0 Å². The van der Waals surface area contributed by atoms with Gasteiger partial charge in [0.25, 0.3) is 11.8 Å². The molecule has 0 aliphatic heterocycles. The number of hydrogen-bond donors (Lipinski definition) is 1. The molecular formula is C35H34F6N4O4. The van der Waals surface area contributed by atoms with Gasteiger partial charge in [-0.05, 0) is 57.2 Å². The molecule has 0 aliphatic rings. The van der Waals surface area contributed by atoms with E-state index in [1.165, 1.54) is 45.1 Å². The van der Waals surface area contributed by atoms with Gasteiger partial charge in [-0.25, -0.2) is 9.78 Å². The first kappa shape index (κ1) is 36.8. The smallest absolute Gasteiger partial charge is 0.426 e. The van der Waals surface area contributed by atoms with Crippen LogP contribution in [0.25, 0.3) is 22.8 Å². The van der Waals surface area contributed by atoms with Crippen LogP contribution in [0.3, 0.4) is 0 Å². The molecule has 1 amide bonds. The maximum absolute atomic E-state index is 15.0. The van der Waals surface area contributed by atoms with Crippen molar-refractivity contribution >= 4 is 11.8 Å². The maximum Gasteiger partial charge on any atom is 0.426 e. The summed E-state index contributed by atoms with van der Waals surface area (Å²) < 4.78 is 105. The third-order valence-corrected chi connectivity index (χ3v) is 7.06. The number of allylic oxidation sites excluding steroid dienone is 2. The van der Waals surface area contributed by atoms with Gasteiger partial charge in [-0.1, -0.05) is 66.7 Å². The van der Waals surface area contributed by atoms with Crippen molar-refractivity contribution in [1.29, 1.82) is 0 Å². The van der Waals surface area contributed by atoms with Gasteiger partial charge >= 0.3 is 18.4 Å². The van der Waals surface area contributed by atoms with E-state index in [1.807, 2.05) is 0 Å². The summed E-state index contributed by atoms with van der Waals surface area (Å²) in [6, 6.07) is 14.8. The van der Waals surface area contributed by atoms with Crippen LogP contribution >= 0.6 is 0 Å². The number of alkyl halides is 6. The number of anilines is 1. The quantitative estimate of drug-likeness (QED) is 0.117. The Balaban J connectivity index is 1.96. The summed E-state index contributed by atoms with van der Waals surface area (Å²) in [7, 11) is 0. The van der Waals surface area contributed by atoms with Crippen molar-refractivity contribution in [2.45, 2.75) is 70.2 Å². The Hall–Kier alpha value is -4.98. The van der Waals surface area contributed by atoms with Gasteiger partial charge in [-0.2, -0.15) is 26.3 Å². The Morgan fingerprint density at radius 3 is 2.20 bits per heavy atom. The summed E-state index contributed by atoms with van der Waals surface area (Å²) in [4.78, 5) is 17.0. The number of benzene rings is 2. The molecule has 0 saturated heterocycles. The van der Waals surface area contributed by atoms with Crippen molar-refractivity contribution in [3.8, 4) is 22.8 Å². The third-order valence-electron chi connectivity index (χ3n) is 7.06. The van der Waals surface area contributed by atoms with Gasteiger partial charge < -0.3 is 13.9 Å². The second-order valence-corrected chi connectivity index (χ2v) is 11.9. The first-order chi connectivity index (χ1) is 23.0. The molecule has 0 spiro atoms. The van der Waals surface area contributed by atoms with Gasteiger partial charge in [-0.3, -0.25) is 5.32 Å². The van der Waals surface area contributed by atoms with Crippen molar-refractivity contribution < 1.29 is 45.0 Å². The van der Waals surface area contributed by atoms with E-state index in [9.17, 15) is 31.1 Å². The minimum absolute atomic E-state index is 0.0568. The van der Waals surface area contributed by atoms with Crippen molar-refractivity contribution in [3.05, 3.63) is 109 Å². The predicted octanol–water partition coefficient (Wildman–Crippen LogP) is 9.83. The van der Waals surface area contributed by atoms with E-state index >= 15 is 0 Å². The highest BCUT2D eigenvalue weighted by molar-refractivity contribution is 5.90. The lowest BCUT2D eigenvalue weighted by Gasteiger charge is -2.32. The van der Waals surface area contributed by atoms with Gasteiger partial charge in [-0.15, -0.1) is 23.4 Å². The van der Waals surface area contributed by atoms with E-state index in [0.717, 1.165) is 0 Å². The number of nitrogens with one attached hydrogen (secondary N) is 1. The van der Waals surface area contributed by atoms with Crippen LogP contribution in [0.4, 0.5) is 36.8 Å². The molecule has 1 N–H and O–H groups in total. The summed E-state index contributed by atoms with van der Waals surface area (Å²) in [5.41, 5.74) is -6.28. The molecule has 4 rings (SSSR count). The SMILES string of the molecule is C=CCCC(OCc1ccccc1)(c1nnc(-c2nc(-c3ccccc3CC=C)c(C(F)(F)F)cc2NC(=O)OC(C)(C)C)o1)C(F)(F)F. The number of pyridine rings is 1. The van der Waals surface area contributed by atoms with E-state index in [-0.39, 0.29) is 18.4 Å². The van der Waals surface area contributed by atoms with Crippen LogP contribution in [-0.2, 0) is 34.3 Å². The van der Waals surface area contributed by atoms with Crippen molar-refractivity contribution in [1.82, 2.24) is 15.2 Å². The van der Waals surface area contributed by atoms with Crippen LogP contribution in [-0.4, -0.2) is 33.1 Å². The summed E-state index contributed by atoms with van der Waals surface area (Å²) in [6.45, 7) is 11.3. The highest BCUT2D eigenvalue weighted by atomic mass is 19.4. The monoisotopic (exact) mass is 688 g/mol. The topological polar surface area (TPSA) is 99.4 Å². The fraction of sp³-hybridized carbons (Fsp3) is 0.314. The summed E-state index contributed by atoms with van der Waals surface area (Å²) in [6.07, 6.45) is -9.23. The third kappa shape index (κ3) is 8.74. The number of hydrogen-bond acceptors (Lipinski definition) is 7. The van der Waals surface area contributed by atoms with Crippen LogP contribution in [0.1, 0.15) is 56.2 Å². The highest BCUT2D eigenvalue weighted by Gasteiger charge is 2.61. The fourth-order valence-corrected chi connectivity index (χ4v) is 4.85. The average molecular weight is 689 g/mol. The lowest BCUT2D eigenvalue weighted by Crippen LogP contribution is -2.45. The summed E-state index contributed by atoms with van der Waals surface area (Å²) in [5, 5.41) is 9.69. The number of ether oxygens (including phenoxy) is 2. The van der Waals surface area contributed by atoms with E-state index in [0.29, 0.717) is 17.2 Å². The Morgan fingerprint density at radius 2 is 1.59 bits per heavy atom. The lowest BCUT2D eigenvalue weighted by atomic mass is 9.96. The Kier molecular flexibility index (Phi) is 11.0. The second kappa shape index (κ2) is 14.6. The van der Waals surface area contributed by atoms with E-state index < -0.39 is 77.1 Å². The predicted molar refractivity (Wildman–Crippen MR) is 170 cm³/mol. The molecule has 14 heteroatoms.